The third-order valence-electron chi connectivity index (χ3n) is 5.82. The number of piperidine rings is 1. The fourth-order valence-corrected chi connectivity index (χ4v) is 4.47. The predicted octanol–water partition coefficient (Wildman–Crippen LogP) is 3.07. The van der Waals surface area contributed by atoms with Crippen LogP contribution in [-0.2, 0) is 4.79 Å². The SMILES string of the molecule is CC/C=C\C1=C(C)CC(=O)N1C1CCN(C2CCCNCC2)CC1. The lowest BCUT2D eigenvalue weighted by molar-refractivity contribution is -0.129. The lowest BCUT2D eigenvalue weighted by Gasteiger charge is -2.40. The van der Waals surface area contributed by atoms with Gasteiger partial charge in [-0.2, -0.15) is 0 Å². The van der Waals surface area contributed by atoms with Gasteiger partial charge in [0.1, 0.15) is 0 Å². The Morgan fingerprint density at radius 1 is 1.12 bits per heavy atom. The first kappa shape index (κ1) is 17.7. The molecular formula is C20H33N3O. The predicted molar refractivity (Wildman–Crippen MR) is 98.7 cm³/mol. The number of amides is 1. The van der Waals surface area contributed by atoms with Crippen LogP contribution >= 0.6 is 0 Å². The zero-order chi connectivity index (χ0) is 16.9. The smallest absolute Gasteiger partial charge is 0.231 e. The van der Waals surface area contributed by atoms with Crippen LogP contribution in [0.25, 0.3) is 0 Å². The number of hydrogen-bond acceptors (Lipinski definition) is 3. The molecule has 0 aromatic carbocycles. The van der Waals surface area contributed by atoms with Crippen molar-refractivity contribution in [3.05, 3.63) is 23.4 Å². The maximum atomic E-state index is 12.5. The van der Waals surface area contributed by atoms with Crippen LogP contribution < -0.4 is 5.32 Å². The van der Waals surface area contributed by atoms with Gasteiger partial charge in [-0.25, -0.2) is 0 Å². The van der Waals surface area contributed by atoms with Crippen molar-refractivity contribution in [2.45, 2.75) is 70.9 Å². The molecule has 1 unspecified atom stereocenters. The number of hydrogen-bond donors (Lipinski definition) is 1. The number of nitrogens with one attached hydrogen (secondary N) is 1. The van der Waals surface area contributed by atoms with Gasteiger partial charge in [-0.3, -0.25) is 4.79 Å². The summed E-state index contributed by atoms with van der Waals surface area (Å²) in [6.07, 6.45) is 12.1. The van der Waals surface area contributed by atoms with Gasteiger partial charge in [-0.15, -0.1) is 0 Å². The van der Waals surface area contributed by atoms with E-state index in [1.54, 1.807) is 0 Å². The Bertz CT molecular complexity index is 495. The van der Waals surface area contributed by atoms with Crippen molar-refractivity contribution in [2.24, 2.45) is 0 Å². The van der Waals surface area contributed by atoms with E-state index < -0.39 is 0 Å². The summed E-state index contributed by atoms with van der Waals surface area (Å²) in [6, 6.07) is 1.14. The molecule has 3 heterocycles. The van der Waals surface area contributed by atoms with Crippen molar-refractivity contribution in [3.63, 3.8) is 0 Å². The Morgan fingerprint density at radius 3 is 2.67 bits per heavy atom. The van der Waals surface area contributed by atoms with Gasteiger partial charge in [0.15, 0.2) is 0 Å². The van der Waals surface area contributed by atoms with Gasteiger partial charge in [-0.1, -0.05) is 13.0 Å². The quantitative estimate of drug-likeness (QED) is 0.860. The van der Waals surface area contributed by atoms with E-state index in [1.165, 1.54) is 37.1 Å². The minimum atomic E-state index is 0.306. The molecule has 0 aromatic rings. The van der Waals surface area contributed by atoms with Crippen molar-refractivity contribution in [3.8, 4) is 0 Å². The van der Waals surface area contributed by atoms with E-state index in [9.17, 15) is 4.79 Å². The zero-order valence-electron chi connectivity index (χ0n) is 15.4. The highest BCUT2D eigenvalue weighted by atomic mass is 16.2. The molecule has 0 radical (unpaired) electrons. The number of carbonyl (C=O) groups is 1. The van der Waals surface area contributed by atoms with Crippen LogP contribution in [0.3, 0.4) is 0 Å². The van der Waals surface area contributed by atoms with Crippen LogP contribution in [-0.4, -0.2) is 54.0 Å². The average Bonchev–Trinajstić information content (AvgIpc) is 2.78. The minimum Gasteiger partial charge on any atom is -0.317 e. The Balaban J connectivity index is 1.61. The summed E-state index contributed by atoms with van der Waals surface area (Å²) >= 11 is 0. The molecule has 1 N–H and O–H groups in total. The number of carbonyl (C=O) groups excluding carboxylic acids is 1. The van der Waals surface area contributed by atoms with Crippen LogP contribution in [0.15, 0.2) is 23.4 Å². The Hall–Kier alpha value is -1.13. The monoisotopic (exact) mass is 331 g/mol. The molecule has 24 heavy (non-hydrogen) atoms. The van der Waals surface area contributed by atoms with Gasteiger partial charge < -0.3 is 15.1 Å². The first-order chi connectivity index (χ1) is 11.7. The maximum absolute atomic E-state index is 12.5. The second-order valence-electron chi connectivity index (χ2n) is 7.52. The van der Waals surface area contributed by atoms with Crippen molar-refractivity contribution in [2.75, 3.05) is 26.2 Å². The van der Waals surface area contributed by atoms with Crippen LogP contribution in [0.2, 0.25) is 0 Å². The summed E-state index contributed by atoms with van der Waals surface area (Å²) in [6.45, 7) is 8.87. The van der Waals surface area contributed by atoms with Crippen LogP contribution in [0, 0.1) is 0 Å². The van der Waals surface area contributed by atoms with Gasteiger partial charge in [0.25, 0.3) is 0 Å². The molecule has 0 aliphatic carbocycles. The minimum absolute atomic E-state index is 0.306. The van der Waals surface area contributed by atoms with Gasteiger partial charge >= 0.3 is 0 Å². The van der Waals surface area contributed by atoms with Crippen molar-refractivity contribution in [1.82, 2.24) is 15.1 Å². The zero-order valence-corrected chi connectivity index (χ0v) is 15.4. The molecule has 0 saturated carbocycles. The fourth-order valence-electron chi connectivity index (χ4n) is 4.47. The molecule has 3 aliphatic heterocycles. The molecule has 3 rings (SSSR count). The molecule has 1 amide bonds. The highest BCUT2D eigenvalue weighted by Crippen LogP contribution is 2.32. The summed E-state index contributed by atoms with van der Waals surface area (Å²) in [7, 11) is 0. The normalized spacial score (nSPS) is 28.2. The van der Waals surface area contributed by atoms with Crippen molar-refractivity contribution in [1.29, 1.82) is 0 Å². The number of rotatable bonds is 4. The highest BCUT2D eigenvalue weighted by Gasteiger charge is 2.35. The number of allylic oxidation sites excluding steroid dienone is 2. The van der Waals surface area contributed by atoms with E-state index in [1.807, 2.05) is 0 Å². The third kappa shape index (κ3) is 3.92. The van der Waals surface area contributed by atoms with E-state index in [0.717, 1.165) is 44.9 Å². The van der Waals surface area contributed by atoms with Gasteiger partial charge in [0.2, 0.25) is 5.91 Å². The van der Waals surface area contributed by atoms with Crippen LogP contribution in [0.4, 0.5) is 0 Å². The number of nitrogens with zero attached hydrogens (tertiary/aromatic N) is 2. The first-order valence-corrected chi connectivity index (χ1v) is 9.83. The lowest BCUT2D eigenvalue weighted by Crippen LogP contribution is -2.48. The van der Waals surface area contributed by atoms with E-state index in [-0.39, 0.29) is 0 Å². The van der Waals surface area contributed by atoms with E-state index in [2.05, 4.69) is 41.1 Å². The van der Waals surface area contributed by atoms with Gasteiger partial charge in [0, 0.05) is 30.9 Å². The summed E-state index contributed by atoms with van der Waals surface area (Å²) in [5.74, 6) is 0.306. The fraction of sp³-hybridized carbons (Fsp3) is 0.750. The van der Waals surface area contributed by atoms with Crippen LogP contribution in [0.1, 0.15) is 58.8 Å². The summed E-state index contributed by atoms with van der Waals surface area (Å²) < 4.78 is 0. The average molecular weight is 332 g/mol. The van der Waals surface area contributed by atoms with Crippen LogP contribution in [0.5, 0.6) is 0 Å². The Morgan fingerprint density at radius 2 is 1.92 bits per heavy atom. The summed E-state index contributed by atoms with van der Waals surface area (Å²) in [4.78, 5) is 17.3. The lowest BCUT2D eigenvalue weighted by atomic mass is 9.98. The first-order valence-electron chi connectivity index (χ1n) is 9.83. The molecule has 1 atom stereocenters. The molecule has 0 bridgehead atoms. The molecule has 4 nitrogen and oxygen atoms in total. The van der Waals surface area contributed by atoms with Gasteiger partial charge in [-0.05, 0) is 70.2 Å². The molecular weight excluding hydrogens is 298 g/mol. The summed E-state index contributed by atoms with van der Waals surface area (Å²) in [5.41, 5.74) is 2.42. The van der Waals surface area contributed by atoms with E-state index >= 15 is 0 Å². The van der Waals surface area contributed by atoms with Crippen molar-refractivity contribution < 1.29 is 4.79 Å². The second kappa shape index (κ2) is 8.30. The Kier molecular flexibility index (Phi) is 6.12. The molecule has 2 saturated heterocycles. The molecule has 134 valence electrons. The second-order valence-corrected chi connectivity index (χ2v) is 7.52. The molecule has 0 aromatic heterocycles. The van der Waals surface area contributed by atoms with E-state index in [4.69, 9.17) is 0 Å². The largest absolute Gasteiger partial charge is 0.317 e. The van der Waals surface area contributed by atoms with Gasteiger partial charge in [0.05, 0.1) is 6.42 Å². The topological polar surface area (TPSA) is 35.6 Å². The molecule has 3 aliphatic rings. The van der Waals surface area contributed by atoms with E-state index in [0.29, 0.717) is 18.4 Å². The maximum Gasteiger partial charge on any atom is 0.231 e. The molecule has 2 fully saturated rings. The molecule has 0 spiro atoms. The molecule has 4 heteroatoms. The Labute approximate surface area is 147 Å². The van der Waals surface area contributed by atoms with Crippen molar-refractivity contribution >= 4 is 5.91 Å². The summed E-state index contributed by atoms with van der Waals surface area (Å²) in [5, 5.41) is 3.51. The standard InChI is InChI=1S/C20H33N3O/c1-3-4-7-19-16(2)15-20(24)23(19)18-9-13-22(14-10-18)17-6-5-11-21-12-8-17/h4,7,17-18,21H,3,5-6,8-15H2,1-2H3/b7-4-. The third-order valence-corrected chi connectivity index (χ3v) is 5.82. The highest BCUT2D eigenvalue weighted by molar-refractivity contribution is 5.85. The number of likely N-dealkylation sites (tertiary alicyclic amines) is 1.